The number of aryl methyl sites for hydroxylation is 1. The lowest BCUT2D eigenvalue weighted by Crippen LogP contribution is -2.32. The summed E-state index contributed by atoms with van der Waals surface area (Å²) in [7, 11) is 0. The maximum Gasteiger partial charge on any atom is 0.350 e. The van der Waals surface area contributed by atoms with Crippen molar-refractivity contribution >= 4 is 28.5 Å². The fourth-order valence-electron chi connectivity index (χ4n) is 2.49. The molecule has 0 spiro atoms. The van der Waals surface area contributed by atoms with Crippen LogP contribution in [0, 0.1) is 6.92 Å². The quantitative estimate of drug-likeness (QED) is 0.513. The van der Waals surface area contributed by atoms with E-state index in [1.165, 1.54) is 17.9 Å². The fourth-order valence-corrected chi connectivity index (χ4v) is 3.47. The van der Waals surface area contributed by atoms with Crippen LogP contribution in [0.15, 0.2) is 23.3 Å². The van der Waals surface area contributed by atoms with Crippen LogP contribution in [0.2, 0.25) is 0 Å². The Bertz CT molecular complexity index is 774. The molecule has 2 amide bonds. The van der Waals surface area contributed by atoms with Crippen LogP contribution in [-0.4, -0.2) is 54.6 Å². The Balaban J connectivity index is 2.07. The molecule has 1 aromatic heterocycles. The van der Waals surface area contributed by atoms with Gasteiger partial charge in [-0.05, 0) is 33.3 Å². The summed E-state index contributed by atoms with van der Waals surface area (Å²) in [4.78, 5) is 32.4. The molecule has 2 rings (SSSR count). The Hall–Kier alpha value is -2.29. The Kier molecular flexibility index (Phi) is 7.06. The lowest BCUT2D eigenvalue weighted by molar-refractivity contribution is 0.0531. The molecule has 0 bridgehead atoms. The first kappa shape index (κ1) is 21.0. The van der Waals surface area contributed by atoms with Gasteiger partial charge in [-0.25, -0.2) is 23.4 Å². The topological polar surface area (TPSA) is 62.7 Å². The van der Waals surface area contributed by atoms with Crippen LogP contribution in [0.25, 0.3) is 0 Å². The molecule has 0 unspecified atom stereocenters. The van der Waals surface area contributed by atoms with Gasteiger partial charge in [0.15, 0.2) is 5.13 Å². The number of rotatable bonds is 7. The molecule has 0 aliphatic carbocycles. The van der Waals surface area contributed by atoms with Crippen LogP contribution < -0.4 is 4.90 Å². The number of amides is 2. The van der Waals surface area contributed by atoms with Gasteiger partial charge in [0.05, 0.1) is 12.3 Å². The normalized spacial score (nSPS) is 15.9. The minimum atomic E-state index is -2.49. The molecular weight excluding hydrogens is 376 g/mol. The molecule has 1 saturated heterocycles. The molecule has 2 heterocycles. The Morgan fingerprint density at radius 1 is 1.33 bits per heavy atom. The Morgan fingerprint density at radius 2 is 2.04 bits per heavy atom. The second-order valence-electron chi connectivity index (χ2n) is 6.21. The number of urea groups is 1. The van der Waals surface area contributed by atoms with Crippen molar-refractivity contribution in [3.8, 4) is 0 Å². The zero-order chi connectivity index (χ0) is 20.1. The minimum Gasteiger partial charge on any atom is -0.462 e. The SMILES string of the molecule is CCOC(=O)c1sc(N2CCN(C/C(C)=C/C=C(\C)C(F)F)C2=O)nc1C. The van der Waals surface area contributed by atoms with Crippen molar-refractivity contribution < 1.29 is 23.1 Å². The van der Waals surface area contributed by atoms with Crippen LogP contribution in [0.5, 0.6) is 0 Å². The number of alkyl halides is 2. The van der Waals surface area contributed by atoms with E-state index in [1.54, 1.807) is 31.7 Å². The van der Waals surface area contributed by atoms with Crippen molar-refractivity contribution in [2.75, 3.05) is 31.1 Å². The van der Waals surface area contributed by atoms with Crippen molar-refractivity contribution in [3.05, 3.63) is 33.9 Å². The van der Waals surface area contributed by atoms with E-state index in [0.29, 0.717) is 35.3 Å². The van der Waals surface area contributed by atoms with Crippen molar-refractivity contribution in [3.63, 3.8) is 0 Å². The number of anilines is 1. The third kappa shape index (κ3) is 5.12. The number of hydrogen-bond acceptors (Lipinski definition) is 5. The molecule has 9 heteroatoms. The number of halogens is 2. The van der Waals surface area contributed by atoms with Crippen LogP contribution >= 0.6 is 11.3 Å². The summed E-state index contributed by atoms with van der Waals surface area (Å²) in [5, 5.41) is 0.457. The van der Waals surface area contributed by atoms with Crippen LogP contribution in [-0.2, 0) is 4.74 Å². The molecular formula is C18H23F2N3O3S. The fraction of sp³-hybridized carbons (Fsp3) is 0.500. The number of allylic oxidation sites excluding steroid dienone is 3. The van der Waals surface area contributed by atoms with E-state index < -0.39 is 12.4 Å². The van der Waals surface area contributed by atoms with Gasteiger partial charge < -0.3 is 9.64 Å². The van der Waals surface area contributed by atoms with Crippen LogP contribution in [0.4, 0.5) is 18.7 Å². The standard InChI is InChI=1S/C18H23F2N3O3S/c1-5-26-16(24)14-13(4)21-17(27-14)23-9-8-22(18(23)25)10-11(2)6-7-12(3)15(19)20/h6-7,15H,5,8-10H2,1-4H3/b11-6+,12-7+. The first-order valence-corrected chi connectivity index (χ1v) is 9.39. The van der Waals surface area contributed by atoms with Gasteiger partial charge in [0.1, 0.15) is 4.88 Å². The van der Waals surface area contributed by atoms with E-state index >= 15 is 0 Å². The predicted octanol–water partition coefficient (Wildman–Crippen LogP) is 4.03. The van der Waals surface area contributed by atoms with Crippen LogP contribution in [0.1, 0.15) is 36.1 Å². The summed E-state index contributed by atoms with van der Waals surface area (Å²) < 4.78 is 30.0. The van der Waals surface area contributed by atoms with Gasteiger partial charge in [-0.3, -0.25) is 4.90 Å². The lowest BCUT2D eigenvalue weighted by atomic mass is 10.2. The summed E-state index contributed by atoms with van der Waals surface area (Å²) in [6.07, 6.45) is 0.484. The van der Waals surface area contributed by atoms with E-state index in [1.807, 2.05) is 0 Å². The van der Waals surface area contributed by atoms with E-state index in [-0.39, 0.29) is 18.2 Å². The number of aromatic nitrogens is 1. The molecule has 0 aromatic carbocycles. The average Bonchev–Trinajstić information content (AvgIpc) is 3.16. The number of carbonyl (C=O) groups is 2. The van der Waals surface area contributed by atoms with Gasteiger partial charge in [0.2, 0.25) is 0 Å². The molecule has 0 atom stereocenters. The van der Waals surface area contributed by atoms with Crippen molar-refractivity contribution in [1.82, 2.24) is 9.88 Å². The molecule has 148 valence electrons. The lowest BCUT2D eigenvalue weighted by Gasteiger charge is -2.17. The maximum atomic E-state index is 12.6. The summed E-state index contributed by atoms with van der Waals surface area (Å²) in [6, 6.07) is -0.221. The zero-order valence-electron chi connectivity index (χ0n) is 15.8. The molecule has 0 N–H and O–H groups in total. The number of thiazole rings is 1. The number of ether oxygens (including phenoxy) is 1. The van der Waals surface area contributed by atoms with Gasteiger partial charge >= 0.3 is 12.0 Å². The monoisotopic (exact) mass is 399 g/mol. The molecule has 0 saturated carbocycles. The van der Waals surface area contributed by atoms with Crippen LogP contribution in [0.3, 0.4) is 0 Å². The molecule has 1 aromatic rings. The molecule has 27 heavy (non-hydrogen) atoms. The van der Waals surface area contributed by atoms with Crippen molar-refractivity contribution in [2.24, 2.45) is 0 Å². The second kappa shape index (κ2) is 9.07. The van der Waals surface area contributed by atoms with Gasteiger partial charge in [0, 0.05) is 19.6 Å². The summed E-state index contributed by atoms with van der Waals surface area (Å²) in [5.74, 6) is -0.442. The van der Waals surface area contributed by atoms with Gasteiger partial charge in [0.25, 0.3) is 6.43 Å². The largest absolute Gasteiger partial charge is 0.462 e. The molecule has 1 fully saturated rings. The van der Waals surface area contributed by atoms with E-state index in [2.05, 4.69) is 4.98 Å². The Morgan fingerprint density at radius 3 is 2.67 bits per heavy atom. The van der Waals surface area contributed by atoms with Crippen molar-refractivity contribution in [2.45, 2.75) is 34.1 Å². The van der Waals surface area contributed by atoms with E-state index in [4.69, 9.17) is 4.74 Å². The van der Waals surface area contributed by atoms with Gasteiger partial charge in [-0.15, -0.1) is 0 Å². The molecule has 6 nitrogen and oxygen atoms in total. The molecule has 0 radical (unpaired) electrons. The summed E-state index contributed by atoms with van der Waals surface area (Å²) in [5.41, 5.74) is 1.31. The average molecular weight is 399 g/mol. The smallest absolute Gasteiger partial charge is 0.350 e. The minimum absolute atomic E-state index is 0.0199. The van der Waals surface area contributed by atoms with E-state index in [9.17, 15) is 18.4 Å². The summed E-state index contributed by atoms with van der Waals surface area (Å²) in [6.45, 7) is 8.15. The van der Waals surface area contributed by atoms with E-state index in [0.717, 1.165) is 16.9 Å². The molecule has 1 aliphatic heterocycles. The highest BCUT2D eigenvalue weighted by molar-refractivity contribution is 7.17. The number of hydrogen-bond donors (Lipinski definition) is 0. The number of carbonyl (C=O) groups excluding carboxylic acids is 2. The zero-order valence-corrected chi connectivity index (χ0v) is 16.6. The molecule has 1 aliphatic rings. The maximum absolute atomic E-state index is 12.6. The first-order valence-electron chi connectivity index (χ1n) is 8.57. The third-order valence-corrected chi connectivity index (χ3v) is 5.15. The van der Waals surface area contributed by atoms with Crippen molar-refractivity contribution in [1.29, 1.82) is 0 Å². The Labute approximate surface area is 161 Å². The first-order chi connectivity index (χ1) is 12.7. The number of esters is 1. The van der Waals surface area contributed by atoms with Gasteiger partial charge in [-0.1, -0.05) is 29.1 Å². The highest BCUT2D eigenvalue weighted by Gasteiger charge is 2.32. The highest BCUT2D eigenvalue weighted by Crippen LogP contribution is 2.29. The highest BCUT2D eigenvalue weighted by atomic mass is 32.1. The van der Waals surface area contributed by atoms with Gasteiger partial charge in [-0.2, -0.15) is 0 Å². The predicted molar refractivity (Wildman–Crippen MR) is 101 cm³/mol. The third-order valence-electron chi connectivity index (χ3n) is 3.99. The summed E-state index contributed by atoms with van der Waals surface area (Å²) >= 11 is 1.13. The number of nitrogens with zero attached hydrogens (tertiary/aromatic N) is 3. The second-order valence-corrected chi connectivity index (χ2v) is 7.19.